The fraction of sp³-hybridized carbons (Fsp3) is 0.370. The fourth-order valence-corrected chi connectivity index (χ4v) is 4.11. The molecule has 2 unspecified atom stereocenters. The smallest absolute Gasteiger partial charge is 0.416 e. The highest BCUT2D eigenvalue weighted by atomic mass is 35.5. The molecule has 0 bridgehead atoms. The molecule has 4 N–H and O–H groups in total. The van der Waals surface area contributed by atoms with Gasteiger partial charge in [-0.3, -0.25) is 14.2 Å². The summed E-state index contributed by atoms with van der Waals surface area (Å²) in [5.41, 5.74) is -7.14. The number of aliphatic hydroxyl groups is 1. The number of carboxylic acid groups (broad SMARTS) is 1. The van der Waals surface area contributed by atoms with Crippen molar-refractivity contribution in [3.8, 4) is 11.4 Å². The Balaban J connectivity index is 2.06. The van der Waals surface area contributed by atoms with Gasteiger partial charge in [-0.25, -0.2) is 14.3 Å². The lowest BCUT2D eigenvalue weighted by Crippen LogP contribution is -2.61. The van der Waals surface area contributed by atoms with Crippen LogP contribution in [-0.2, 0) is 39.2 Å². The number of halogens is 7. The lowest BCUT2D eigenvalue weighted by Gasteiger charge is -2.33. The maximum Gasteiger partial charge on any atom is 0.416 e. The molecule has 0 fully saturated rings. The first-order chi connectivity index (χ1) is 20.6. The quantitative estimate of drug-likeness (QED) is 0.242. The van der Waals surface area contributed by atoms with Crippen molar-refractivity contribution in [1.29, 1.82) is 0 Å². The van der Waals surface area contributed by atoms with E-state index in [4.69, 9.17) is 11.6 Å². The number of alkyl halides is 6. The van der Waals surface area contributed by atoms with Gasteiger partial charge in [0.25, 0.3) is 5.91 Å². The van der Waals surface area contributed by atoms with E-state index in [2.05, 4.69) is 15.7 Å². The number of aromatic nitrogens is 3. The largest absolute Gasteiger partial charge is 0.480 e. The van der Waals surface area contributed by atoms with E-state index in [9.17, 15) is 55.7 Å². The SMILES string of the molecule is CC(C)(NC(=O)C(C)(NC(=O)Cn1nc(-c2ccc(Cl)cc2)n(CC(O)C(F)(F)F)c1=O)c1cccc(C(F)(F)F)c1)C(=O)O. The van der Waals surface area contributed by atoms with Crippen molar-refractivity contribution >= 4 is 29.4 Å². The van der Waals surface area contributed by atoms with E-state index in [0.717, 1.165) is 32.9 Å². The first-order valence-corrected chi connectivity index (χ1v) is 13.2. The van der Waals surface area contributed by atoms with Crippen LogP contribution in [0.5, 0.6) is 0 Å². The minimum atomic E-state index is -5.12. The average Bonchev–Trinajstić information content (AvgIpc) is 3.22. The van der Waals surface area contributed by atoms with Crippen LogP contribution in [0.15, 0.2) is 53.3 Å². The van der Waals surface area contributed by atoms with Gasteiger partial charge in [0.2, 0.25) is 5.91 Å². The van der Waals surface area contributed by atoms with Crippen LogP contribution in [0.25, 0.3) is 11.4 Å². The summed E-state index contributed by atoms with van der Waals surface area (Å²) < 4.78 is 80.8. The van der Waals surface area contributed by atoms with Crippen molar-refractivity contribution in [2.24, 2.45) is 0 Å². The van der Waals surface area contributed by atoms with E-state index >= 15 is 0 Å². The van der Waals surface area contributed by atoms with Crippen molar-refractivity contribution in [1.82, 2.24) is 25.0 Å². The Labute approximate surface area is 255 Å². The second kappa shape index (κ2) is 12.5. The van der Waals surface area contributed by atoms with E-state index in [1.165, 1.54) is 24.3 Å². The topological polar surface area (TPSA) is 156 Å². The molecular formula is C27H26ClF6N5O6. The third-order valence-electron chi connectivity index (χ3n) is 6.62. The van der Waals surface area contributed by atoms with E-state index in [0.29, 0.717) is 21.4 Å². The summed E-state index contributed by atoms with van der Waals surface area (Å²) in [5, 5.41) is 27.6. The van der Waals surface area contributed by atoms with Crippen LogP contribution in [-0.4, -0.2) is 60.2 Å². The molecule has 3 aromatic rings. The lowest BCUT2D eigenvalue weighted by atomic mass is 9.88. The first kappa shape index (κ1) is 35.1. The minimum absolute atomic E-state index is 0.0779. The Morgan fingerprint density at radius 1 is 0.956 bits per heavy atom. The van der Waals surface area contributed by atoms with Crippen LogP contribution in [0, 0.1) is 0 Å². The molecular weight excluding hydrogens is 640 g/mol. The molecule has 2 aromatic carbocycles. The van der Waals surface area contributed by atoms with Crippen LogP contribution < -0.4 is 16.3 Å². The molecule has 0 aliphatic rings. The van der Waals surface area contributed by atoms with Crippen LogP contribution in [0.3, 0.4) is 0 Å². The molecule has 0 spiro atoms. The second-order valence-electron chi connectivity index (χ2n) is 10.6. The zero-order chi connectivity index (χ0) is 34.1. The number of amides is 2. The molecule has 0 aliphatic carbocycles. The Bertz CT molecular complexity index is 1650. The van der Waals surface area contributed by atoms with E-state index in [1.54, 1.807) is 0 Å². The highest BCUT2D eigenvalue weighted by Gasteiger charge is 2.43. The number of hydrogen-bond donors (Lipinski definition) is 4. The van der Waals surface area contributed by atoms with Gasteiger partial charge in [-0.15, -0.1) is 5.10 Å². The predicted octanol–water partition coefficient (Wildman–Crippen LogP) is 3.32. The summed E-state index contributed by atoms with van der Waals surface area (Å²) in [6.45, 7) is 0.798. The van der Waals surface area contributed by atoms with Gasteiger partial charge < -0.3 is 20.8 Å². The first-order valence-electron chi connectivity index (χ1n) is 12.8. The molecule has 0 radical (unpaired) electrons. The highest BCUT2D eigenvalue weighted by molar-refractivity contribution is 6.30. The molecule has 3 rings (SSSR count). The summed E-state index contributed by atoms with van der Waals surface area (Å²) in [5.74, 6) is -4.37. The molecule has 0 saturated heterocycles. The standard InChI is InChI=1S/C27H26ClF6N5O6/c1-24(2,22(43)44)36-21(42)25(3,15-5-4-6-16(11-15)26(29,30)31)35-19(41)13-39-23(45)38(12-18(40)27(32,33)34)20(37-39)14-7-9-17(28)10-8-14/h4-11,18,40H,12-13H2,1-3H3,(H,35,41)(H,36,42)(H,43,44). The summed E-state index contributed by atoms with van der Waals surface area (Å²) in [6.07, 6.45) is -13.0. The van der Waals surface area contributed by atoms with Gasteiger partial charge in [0.15, 0.2) is 11.9 Å². The zero-order valence-electron chi connectivity index (χ0n) is 23.6. The number of aliphatic carboxylic acids is 1. The highest BCUT2D eigenvalue weighted by Crippen LogP contribution is 2.33. The molecule has 18 heteroatoms. The fourth-order valence-electron chi connectivity index (χ4n) is 3.98. The minimum Gasteiger partial charge on any atom is -0.480 e. The van der Waals surface area contributed by atoms with Crippen LogP contribution in [0.4, 0.5) is 26.3 Å². The molecule has 0 saturated carbocycles. The monoisotopic (exact) mass is 665 g/mol. The van der Waals surface area contributed by atoms with E-state index in [-0.39, 0.29) is 10.6 Å². The molecule has 1 aromatic heterocycles. The van der Waals surface area contributed by atoms with Gasteiger partial charge in [-0.1, -0.05) is 23.7 Å². The van der Waals surface area contributed by atoms with Crippen molar-refractivity contribution < 1.29 is 50.9 Å². The average molecular weight is 666 g/mol. The molecule has 1 heterocycles. The van der Waals surface area contributed by atoms with Crippen LogP contribution in [0.2, 0.25) is 5.02 Å². The molecule has 0 aliphatic heterocycles. The number of carbonyl (C=O) groups excluding carboxylic acids is 2. The number of nitrogens with one attached hydrogen (secondary N) is 2. The van der Waals surface area contributed by atoms with Gasteiger partial charge >= 0.3 is 24.0 Å². The van der Waals surface area contributed by atoms with Crippen molar-refractivity contribution in [3.63, 3.8) is 0 Å². The van der Waals surface area contributed by atoms with Crippen molar-refractivity contribution in [2.75, 3.05) is 0 Å². The normalized spacial score (nSPS) is 14.4. The molecule has 11 nitrogen and oxygen atoms in total. The van der Waals surface area contributed by atoms with E-state index in [1.807, 2.05) is 0 Å². The Morgan fingerprint density at radius 2 is 1.53 bits per heavy atom. The molecule has 2 amide bonds. The lowest BCUT2D eigenvalue weighted by molar-refractivity contribution is -0.207. The maximum atomic E-state index is 13.5. The second-order valence-corrected chi connectivity index (χ2v) is 11.0. The number of aliphatic hydroxyl groups excluding tert-OH is 1. The van der Waals surface area contributed by atoms with Gasteiger partial charge in [-0.05, 0) is 62.7 Å². The summed E-state index contributed by atoms with van der Waals surface area (Å²) in [7, 11) is 0. The van der Waals surface area contributed by atoms with Gasteiger partial charge in [0.05, 0.1) is 12.1 Å². The molecule has 2 atom stereocenters. The van der Waals surface area contributed by atoms with E-state index < -0.39 is 83.0 Å². The molecule has 244 valence electrons. The number of rotatable bonds is 10. The number of carboxylic acids is 1. The Hall–Kier alpha value is -4.38. The van der Waals surface area contributed by atoms with Gasteiger partial charge in [0.1, 0.15) is 17.6 Å². The Kier molecular flexibility index (Phi) is 9.79. The predicted molar refractivity (Wildman–Crippen MR) is 146 cm³/mol. The molecule has 45 heavy (non-hydrogen) atoms. The van der Waals surface area contributed by atoms with Crippen LogP contribution in [0.1, 0.15) is 31.9 Å². The third-order valence-corrected chi connectivity index (χ3v) is 6.88. The third kappa shape index (κ3) is 8.02. The zero-order valence-corrected chi connectivity index (χ0v) is 24.4. The van der Waals surface area contributed by atoms with Crippen molar-refractivity contribution in [2.45, 2.75) is 63.4 Å². The Morgan fingerprint density at radius 3 is 2.07 bits per heavy atom. The van der Waals surface area contributed by atoms with Gasteiger partial charge in [-0.2, -0.15) is 26.3 Å². The number of benzene rings is 2. The van der Waals surface area contributed by atoms with Gasteiger partial charge in [0, 0.05) is 10.6 Å². The number of hydrogen-bond acceptors (Lipinski definition) is 6. The number of nitrogens with zero attached hydrogens (tertiary/aromatic N) is 3. The summed E-state index contributed by atoms with van der Waals surface area (Å²) in [4.78, 5) is 51.4. The number of carbonyl (C=O) groups is 3. The summed E-state index contributed by atoms with van der Waals surface area (Å²) in [6, 6.07) is 8.59. The maximum absolute atomic E-state index is 13.5. The summed E-state index contributed by atoms with van der Waals surface area (Å²) >= 11 is 5.85. The van der Waals surface area contributed by atoms with Crippen molar-refractivity contribution in [3.05, 3.63) is 75.2 Å². The van der Waals surface area contributed by atoms with Crippen LogP contribution >= 0.6 is 11.6 Å².